The van der Waals surface area contributed by atoms with Gasteiger partial charge in [-0.25, -0.2) is 4.79 Å². The second-order valence-corrected chi connectivity index (χ2v) is 11.6. The topological polar surface area (TPSA) is 166 Å². The van der Waals surface area contributed by atoms with Crippen molar-refractivity contribution in [3.05, 3.63) is 71.9 Å². The Morgan fingerprint density at radius 2 is 1.26 bits per heavy atom. The molecule has 10 heteroatoms. The van der Waals surface area contributed by atoms with Gasteiger partial charge in [0.25, 0.3) is 0 Å². The van der Waals surface area contributed by atoms with Crippen LogP contribution in [0, 0.1) is 11.8 Å². The van der Waals surface area contributed by atoms with Crippen LogP contribution in [0.15, 0.2) is 60.8 Å². The van der Waals surface area contributed by atoms with Gasteiger partial charge in [-0.1, -0.05) is 76.2 Å². The van der Waals surface area contributed by atoms with Crippen LogP contribution in [-0.2, 0) is 32.0 Å². The Labute approximate surface area is 246 Å². The lowest BCUT2D eigenvalue weighted by atomic mass is 9.98. The number of aliphatic carboxylic acids is 1. The van der Waals surface area contributed by atoms with Gasteiger partial charge in [-0.3, -0.25) is 14.4 Å². The number of carboxylic acids is 1. The number of carbonyl (C=O) groups excluding carboxylic acids is 3. The summed E-state index contributed by atoms with van der Waals surface area (Å²) in [5.74, 6) is -2.67. The van der Waals surface area contributed by atoms with E-state index in [1.54, 1.807) is 6.20 Å². The summed E-state index contributed by atoms with van der Waals surface area (Å²) in [6, 6.07) is 12.9. The molecule has 4 unspecified atom stereocenters. The number of fused-ring (bicyclic) bond motifs is 1. The predicted molar refractivity (Wildman–Crippen MR) is 162 cm³/mol. The average Bonchev–Trinajstić information content (AvgIpc) is 3.34. The molecule has 3 rings (SSSR count). The average molecular weight is 578 g/mol. The summed E-state index contributed by atoms with van der Waals surface area (Å²) in [5, 5.41) is 19.0. The molecule has 0 saturated heterocycles. The van der Waals surface area contributed by atoms with Crippen molar-refractivity contribution in [1.82, 2.24) is 20.9 Å². The second-order valence-electron chi connectivity index (χ2n) is 11.6. The van der Waals surface area contributed by atoms with Crippen molar-refractivity contribution in [3.63, 3.8) is 0 Å². The number of para-hydroxylation sites is 1. The Balaban J connectivity index is 1.71. The molecule has 0 radical (unpaired) electrons. The minimum absolute atomic E-state index is 0.0235. The van der Waals surface area contributed by atoms with Crippen molar-refractivity contribution >= 4 is 34.6 Å². The highest BCUT2D eigenvalue weighted by Crippen LogP contribution is 2.19. The fraction of sp³-hybridized carbons (Fsp3) is 0.438. The van der Waals surface area contributed by atoms with Crippen molar-refractivity contribution in [2.75, 3.05) is 0 Å². The number of carboxylic acid groups (broad SMARTS) is 1. The fourth-order valence-corrected chi connectivity index (χ4v) is 4.91. The smallest absolute Gasteiger partial charge is 0.326 e. The number of rotatable bonds is 15. The molecular weight excluding hydrogens is 534 g/mol. The number of H-pyrrole nitrogens is 1. The van der Waals surface area contributed by atoms with E-state index < -0.39 is 47.9 Å². The minimum atomic E-state index is -1.20. The Morgan fingerprint density at radius 1 is 0.738 bits per heavy atom. The third-order valence-electron chi connectivity index (χ3n) is 7.03. The minimum Gasteiger partial charge on any atom is -0.480 e. The number of amides is 3. The Bertz CT molecular complexity index is 1350. The van der Waals surface area contributed by atoms with E-state index in [1.165, 1.54) is 0 Å². The third kappa shape index (κ3) is 9.44. The van der Waals surface area contributed by atoms with Crippen LogP contribution in [-0.4, -0.2) is 57.9 Å². The van der Waals surface area contributed by atoms with E-state index in [4.69, 9.17) is 5.73 Å². The maximum Gasteiger partial charge on any atom is 0.326 e. The number of carbonyl (C=O) groups is 4. The molecular formula is C32H43N5O5. The predicted octanol–water partition coefficient (Wildman–Crippen LogP) is 2.91. The van der Waals surface area contributed by atoms with Crippen LogP contribution in [0.4, 0.5) is 0 Å². The molecule has 7 N–H and O–H groups in total. The van der Waals surface area contributed by atoms with Crippen LogP contribution in [0.3, 0.4) is 0 Å². The second kappa shape index (κ2) is 15.2. The van der Waals surface area contributed by atoms with Crippen molar-refractivity contribution in [3.8, 4) is 0 Å². The van der Waals surface area contributed by atoms with E-state index in [9.17, 15) is 24.3 Å². The zero-order valence-electron chi connectivity index (χ0n) is 24.7. The fourth-order valence-electron chi connectivity index (χ4n) is 4.91. The number of nitrogens with one attached hydrogen (secondary N) is 4. The van der Waals surface area contributed by atoms with Crippen LogP contribution in [0.5, 0.6) is 0 Å². The molecule has 0 aliphatic carbocycles. The summed E-state index contributed by atoms with van der Waals surface area (Å²) in [6.45, 7) is 7.67. The van der Waals surface area contributed by atoms with Crippen molar-refractivity contribution in [1.29, 1.82) is 0 Å². The van der Waals surface area contributed by atoms with Crippen LogP contribution >= 0.6 is 0 Å². The maximum atomic E-state index is 13.4. The van der Waals surface area contributed by atoms with Gasteiger partial charge in [0, 0.05) is 23.5 Å². The first-order valence-electron chi connectivity index (χ1n) is 14.4. The zero-order chi connectivity index (χ0) is 30.8. The molecule has 0 aliphatic rings. The molecule has 0 spiro atoms. The van der Waals surface area contributed by atoms with E-state index in [1.807, 2.05) is 82.3 Å². The van der Waals surface area contributed by atoms with E-state index in [0.717, 1.165) is 22.0 Å². The number of aromatic amines is 1. The Hall–Kier alpha value is -4.18. The van der Waals surface area contributed by atoms with Gasteiger partial charge in [0.15, 0.2) is 0 Å². The lowest BCUT2D eigenvalue weighted by molar-refractivity contribution is -0.142. The standard InChI is InChI=1S/C32H43N5O5/c1-19(2)14-26(35-29(38)24(33)16-21-10-6-5-7-11-21)30(39)36-27(15-20(3)4)31(40)37-28(32(41)42)17-22-18-34-25-13-9-8-12-23(22)25/h5-13,18-20,24,26-28,34H,14-17,33H2,1-4H3,(H,35,38)(H,36,39)(H,37,40)(H,41,42). The highest BCUT2D eigenvalue weighted by molar-refractivity contribution is 5.94. The van der Waals surface area contributed by atoms with E-state index >= 15 is 0 Å². The summed E-state index contributed by atoms with van der Waals surface area (Å²) in [6.07, 6.45) is 2.74. The molecule has 2 aromatic carbocycles. The van der Waals surface area contributed by atoms with Crippen LogP contribution < -0.4 is 21.7 Å². The molecule has 3 aromatic rings. The van der Waals surface area contributed by atoms with Crippen LogP contribution in [0.2, 0.25) is 0 Å². The molecule has 0 bridgehead atoms. The first kappa shape index (κ1) is 32.3. The van der Waals surface area contributed by atoms with E-state index in [2.05, 4.69) is 20.9 Å². The van der Waals surface area contributed by atoms with Crippen LogP contribution in [0.1, 0.15) is 51.7 Å². The molecule has 1 heterocycles. The summed E-state index contributed by atoms with van der Waals surface area (Å²) in [5.41, 5.74) is 8.68. The van der Waals surface area contributed by atoms with E-state index in [-0.39, 0.29) is 24.7 Å². The summed E-state index contributed by atoms with van der Waals surface area (Å²) < 4.78 is 0. The van der Waals surface area contributed by atoms with Crippen molar-refractivity contribution in [2.45, 2.75) is 77.5 Å². The summed E-state index contributed by atoms with van der Waals surface area (Å²) in [4.78, 5) is 55.0. The van der Waals surface area contributed by atoms with Gasteiger partial charge < -0.3 is 31.8 Å². The maximum absolute atomic E-state index is 13.4. The number of hydrogen-bond acceptors (Lipinski definition) is 5. The molecule has 42 heavy (non-hydrogen) atoms. The van der Waals surface area contributed by atoms with E-state index in [0.29, 0.717) is 12.8 Å². The third-order valence-corrected chi connectivity index (χ3v) is 7.03. The first-order valence-corrected chi connectivity index (χ1v) is 14.4. The monoisotopic (exact) mass is 577 g/mol. The summed E-state index contributed by atoms with van der Waals surface area (Å²) in [7, 11) is 0. The molecule has 1 aromatic heterocycles. The molecule has 4 atom stereocenters. The van der Waals surface area contributed by atoms with Gasteiger partial charge in [0.1, 0.15) is 18.1 Å². The van der Waals surface area contributed by atoms with Gasteiger partial charge >= 0.3 is 5.97 Å². The van der Waals surface area contributed by atoms with Gasteiger partial charge in [-0.15, -0.1) is 0 Å². The highest BCUT2D eigenvalue weighted by atomic mass is 16.4. The van der Waals surface area contributed by atoms with Gasteiger partial charge in [0.05, 0.1) is 6.04 Å². The lowest BCUT2D eigenvalue weighted by Gasteiger charge is -2.27. The quantitative estimate of drug-likeness (QED) is 0.162. The number of hydrogen-bond donors (Lipinski definition) is 6. The molecule has 10 nitrogen and oxygen atoms in total. The number of benzene rings is 2. The van der Waals surface area contributed by atoms with Crippen molar-refractivity contribution in [2.24, 2.45) is 17.6 Å². The Kier molecular flexibility index (Phi) is 11.7. The number of nitrogens with two attached hydrogens (primary N) is 1. The van der Waals surface area contributed by atoms with Gasteiger partial charge in [-0.05, 0) is 48.3 Å². The molecule has 3 amide bonds. The lowest BCUT2D eigenvalue weighted by Crippen LogP contribution is -2.57. The highest BCUT2D eigenvalue weighted by Gasteiger charge is 2.31. The SMILES string of the molecule is CC(C)CC(NC(=O)C(N)Cc1ccccc1)C(=O)NC(CC(C)C)C(=O)NC(Cc1c[nH]c2ccccc12)C(=O)O. The number of aromatic nitrogens is 1. The van der Waals surface area contributed by atoms with Crippen molar-refractivity contribution < 1.29 is 24.3 Å². The molecule has 226 valence electrons. The Morgan fingerprint density at radius 3 is 1.83 bits per heavy atom. The van der Waals surface area contributed by atoms with Gasteiger partial charge in [-0.2, -0.15) is 0 Å². The molecule has 0 aliphatic heterocycles. The first-order chi connectivity index (χ1) is 19.9. The molecule has 0 saturated carbocycles. The largest absolute Gasteiger partial charge is 0.480 e. The van der Waals surface area contributed by atoms with Crippen LogP contribution in [0.25, 0.3) is 10.9 Å². The zero-order valence-corrected chi connectivity index (χ0v) is 24.7. The summed E-state index contributed by atoms with van der Waals surface area (Å²) >= 11 is 0. The molecule has 0 fully saturated rings. The van der Waals surface area contributed by atoms with Gasteiger partial charge in [0.2, 0.25) is 17.7 Å². The normalized spacial score (nSPS) is 14.3.